The molecule has 2 aromatic rings. The molecule has 3 N–H and O–H groups in total. The van der Waals surface area contributed by atoms with Crippen LogP contribution in [0, 0.1) is 0 Å². The Morgan fingerprint density at radius 2 is 2.06 bits per heavy atom. The standard InChI is InChI=1S/C12H16N4O2/c13-10-2-4-12(5-3-10)18-7-1-6-16-8-11(9-17)14-15-16/h2-5,8,17H,1,6-7,9,13H2. The van der Waals surface area contributed by atoms with Crippen LogP contribution in [0.4, 0.5) is 5.69 Å². The van der Waals surface area contributed by atoms with Gasteiger partial charge in [-0.05, 0) is 24.3 Å². The fourth-order valence-corrected chi connectivity index (χ4v) is 1.50. The first kappa shape index (κ1) is 12.4. The van der Waals surface area contributed by atoms with Crippen LogP contribution in [-0.4, -0.2) is 26.7 Å². The molecule has 6 nitrogen and oxygen atoms in total. The number of rotatable bonds is 6. The van der Waals surface area contributed by atoms with Crippen LogP contribution < -0.4 is 10.5 Å². The zero-order chi connectivity index (χ0) is 12.8. The second-order valence-electron chi connectivity index (χ2n) is 3.90. The van der Waals surface area contributed by atoms with Gasteiger partial charge >= 0.3 is 0 Å². The third-order valence-corrected chi connectivity index (χ3v) is 2.43. The van der Waals surface area contributed by atoms with Crippen LogP contribution in [-0.2, 0) is 13.2 Å². The van der Waals surface area contributed by atoms with Gasteiger partial charge in [0.25, 0.3) is 0 Å². The van der Waals surface area contributed by atoms with Gasteiger partial charge in [-0.1, -0.05) is 5.21 Å². The van der Waals surface area contributed by atoms with Crippen molar-refractivity contribution in [1.29, 1.82) is 0 Å². The van der Waals surface area contributed by atoms with E-state index >= 15 is 0 Å². The minimum atomic E-state index is -0.0814. The number of aromatic nitrogens is 3. The van der Waals surface area contributed by atoms with Crippen molar-refractivity contribution in [3.63, 3.8) is 0 Å². The van der Waals surface area contributed by atoms with Crippen LogP contribution in [0.15, 0.2) is 30.5 Å². The fraction of sp³-hybridized carbons (Fsp3) is 0.333. The molecule has 0 amide bonds. The Labute approximate surface area is 105 Å². The van der Waals surface area contributed by atoms with Crippen molar-refractivity contribution in [1.82, 2.24) is 15.0 Å². The maximum Gasteiger partial charge on any atom is 0.119 e. The van der Waals surface area contributed by atoms with E-state index < -0.39 is 0 Å². The molecule has 96 valence electrons. The molecular weight excluding hydrogens is 232 g/mol. The highest BCUT2D eigenvalue weighted by molar-refractivity contribution is 5.41. The topological polar surface area (TPSA) is 86.2 Å². The molecule has 0 fully saturated rings. The maximum atomic E-state index is 8.84. The van der Waals surface area contributed by atoms with E-state index in [2.05, 4.69) is 10.3 Å². The van der Waals surface area contributed by atoms with Gasteiger partial charge < -0.3 is 15.6 Å². The van der Waals surface area contributed by atoms with E-state index in [9.17, 15) is 0 Å². The summed E-state index contributed by atoms with van der Waals surface area (Å²) >= 11 is 0. The molecule has 2 rings (SSSR count). The second kappa shape index (κ2) is 6.02. The van der Waals surface area contributed by atoms with Crippen molar-refractivity contribution in [2.75, 3.05) is 12.3 Å². The molecule has 0 spiro atoms. The van der Waals surface area contributed by atoms with Gasteiger partial charge in [-0.15, -0.1) is 5.10 Å². The number of nitrogen functional groups attached to an aromatic ring is 1. The summed E-state index contributed by atoms with van der Waals surface area (Å²) in [6, 6.07) is 7.30. The number of hydrogen-bond acceptors (Lipinski definition) is 5. The Kier molecular flexibility index (Phi) is 4.14. The van der Waals surface area contributed by atoms with Crippen molar-refractivity contribution in [3.8, 4) is 5.75 Å². The largest absolute Gasteiger partial charge is 0.494 e. The van der Waals surface area contributed by atoms with Crippen molar-refractivity contribution < 1.29 is 9.84 Å². The average Bonchev–Trinajstić information content (AvgIpc) is 2.85. The number of benzene rings is 1. The monoisotopic (exact) mass is 248 g/mol. The van der Waals surface area contributed by atoms with E-state index in [-0.39, 0.29) is 6.61 Å². The molecular formula is C12H16N4O2. The Bertz CT molecular complexity index is 481. The average molecular weight is 248 g/mol. The first-order valence-electron chi connectivity index (χ1n) is 5.76. The molecule has 6 heteroatoms. The maximum absolute atomic E-state index is 8.84. The number of aliphatic hydroxyl groups is 1. The highest BCUT2D eigenvalue weighted by Gasteiger charge is 1.99. The molecule has 1 heterocycles. The number of aryl methyl sites for hydroxylation is 1. The number of nitrogens with two attached hydrogens (primary N) is 1. The summed E-state index contributed by atoms with van der Waals surface area (Å²) in [6.45, 7) is 1.22. The van der Waals surface area contributed by atoms with E-state index in [1.807, 2.05) is 12.1 Å². The summed E-state index contributed by atoms with van der Waals surface area (Å²) in [5, 5.41) is 16.5. The number of hydrogen-bond donors (Lipinski definition) is 2. The highest BCUT2D eigenvalue weighted by atomic mass is 16.5. The Balaban J connectivity index is 1.71. The predicted octanol–water partition coefficient (Wildman–Crippen LogP) is 0.822. The molecule has 0 bridgehead atoms. The molecule has 0 saturated carbocycles. The van der Waals surface area contributed by atoms with Gasteiger partial charge in [0.15, 0.2) is 0 Å². The van der Waals surface area contributed by atoms with Crippen molar-refractivity contribution in [2.45, 2.75) is 19.6 Å². The van der Waals surface area contributed by atoms with Gasteiger partial charge in [-0.25, -0.2) is 0 Å². The Hall–Kier alpha value is -2.08. The molecule has 0 aliphatic heterocycles. The minimum absolute atomic E-state index is 0.0814. The Morgan fingerprint density at radius 3 is 2.72 bits per heavy atom. The van der Waals surface area contributed by atoms with Crippen LogP contribution in [0.25, 0.3) is 0 Å². The summed E-state index contributed by atoms with van der Waals surface area (Å²) in [7, 11) is 0. The zero-order valence-corrected chi connectivity index (χ0v) is 9.99. The quantitative estimate of drug-likeness (QED) is 0.584. The predicted molar refractivity (Wildman–Crippen MR) is 66.9 cm³/mol. The lowest BCUT2D eigenvalue weighted by molar-refractivity contribution is 0.276. The van der Waals surface area contributed by atoms with Gasteiger partial charge in [0.05, 0.1) is 19.4 Å². The molecule has 0 radical (unpaired) electrons. The van der Waals surface area contributed by atoms with E-state index in [0.717, 1.165) is 17.9 Å². The van der Waals surface area contributed by atoms with Crippen molar-refractivity contribution in [3.05, 3.63) is 36.2 Å². The first-order valence-corrected chi connectivity index (χ1v) is 5.76. The third-order valence-electron chi connectivity index (χ3n) is 2.43. The van der Waals surface area contributed by atoms with Crippen LogP contribution in [0.1, 0.15) is 12.1 Å². The molecule has 0 atom stereocenters. The molecule has 1 aromatic heterocycles. The Morgan fingerprint density at radius 1 is 1.28 bits per heavy atom. The normalized spacial score (nSPS) is 10.5. The van der Waals surface area contributed by atoms with Gasteiger partial charge in [-0.3, -0.25) is 4.68 Å². The smallest absolute Gasteiger partial charge is 0.119 e. The lowest BCUT2D eigenvalue weighted by Crippen LogP contribution is -2.05. The summed E-state index contributed by atoms with van der Waals surface area (Å²) in [5.74, 6) is 0.804. The molecule has 1 aromatic carbocycles. The van der Waals surface area contributed by atoms with Crippen LogP contribution in [0.3, 0.4) is 0 Å². The summed E-state index contributed by atoms with van der Waals surface area (Å²) < 4.78 is 7.24. The number of aliphatic hydroxyl groups excluding tert-OH is 1. The molecule has 0 aliphatic carbocycles. The molecule has 18 heavy (non-hydrogen) atoms. The lowest BCUT2D eigenvalue weighted by atomic mass is 10.3. The van der Waals surface area contributed by atoms with Crippen molar-refractivity contribution in [2.24, 2.45) is 0 Å². The second-order valence-corrected chi connectivity index (χ2v) is 3.90. The van der Waals surface area contributed by atoms with Crippen molar-refractivity contribution >= 4 is 5.69 Å². The zero-order valence-electron chi connectivity index (χ0n) is 9.99. The summed E-state index contributed by atoms with van der Waals surface area (Å²) in [5.41, 5.74) is 6.88. The van der Waals surface area contributed by atoms with Crippen LogP contribution in [0.5, 0.6) is 5.75 Å². The first-order chi connectivity index (χ1) is 8.78. The number of nitrogens with zero attached hydrogens (tertiary/aromatic N) is 3. The van der Waals surface area contributed by atoms with E-state index in [1.165, 1.54) is 0 Å². The number of anilines is 1. The summed E-state index contributed by atoms with van der Waals surface area (Å²) in [4.78, 5) is 0. The van der Waals surface area contributed by atoms with Crippen LogP contribution in [0.2, 0.25) is 0 Å². The fourth-order valence-electron chi connectivity index (χ4n) is 1.50. The van der Waals surface area contributed by atoms with Gasteiger partial charge in [0.1, 0.15) is 11.4 Å². The lowest BCUT2D eigenvalue weighted by Gasteiger charge is -2.06. The highest BCUT2D eigenvalue weighted by Crippen LogP contribution is 2.13. The van der Waals surface area contributed by atoms with Gasteiger partial charge in [0.2, 0.25) is 0 Å². The SMILES string of the molecule is Nc1ccc(OCCCn2cc(CO)nn2)cc1. The third kappa shape index (κ3) is 3.46. The number of ether oxygens (including phenoxy) is 1. The van der Waals surface area contributed by atoms with Gasteiger partial charge in [-0.2, -0.15) is 0 Å². The van der Waals surface area contributed by atoms with E-state index in [4.69, 9.17) is 15.6 Å². The minimum Gasteiger partial charge on any atom is -0.494 e. The molecule has 0 unspecified atom stereocenters. The van der Waals surface area contributed by atoms with E-state index in [1.54, 1.807) is 23.0 Å². The molecule has 0 aliphatic rings. The summed E-state index contributed by atoms with van der Waals surface area (Å²) in [6.07, 6.45) is 2.54. The molecule has 0 saturated heterocycles. The van der Waals surface area contributed by atoms with Gasteiger partial charge in [0, 0.05) is 18.7 Å². The van der Waals surface area contributed by atoms with E-state index in [0.29, 0.717) is 18.8 Å². The van der Waals surface area contributed by atoms with Crippen LogP contribution >= 0.6 is 0 Å².